The second-order valence-electron chi connectivity index (χ2n) is 5.13. The molecule has 1 aromatic heterocycles. The number of aliphatic hydroxyl groups excluding tert-OH is 1. The second kappa shape index (κ2) is 10.5. The Hall–Kier alpha value is -1.31. The van der Waals surface area contributed by atoms with E-state index in [1.54, 1.807) is 18.4 Å². The highest BCUT2D eigenvalue weighted by Crippen LogP contribution is 2.37. The van der Waals surface area contributed by atoms with Gasteiger partial charge in [0.25, 0.3) is 0 Å². The first-order chi connectivity index (χ1) is 11.7. The molecule has 0 saturated heterocycles. The highest BCUT2D eigenvalue weighted by molar-refractivity contribution is 7.09. The predicted molar refractivity (Wildman–Crippen MR) is 98.3 cm³/mol. The number of rotatable bonds is 11. The van der Waals surface area contributed by atoms with E-state index >= 15 is 0 Å². The molecule has 0 aliphatic rings. The van der Waals surface area contributed by atoms with E-state index in [1.807, 2.05) is 29.6 Å². The molecule has 0 atom stereocenters. The Kier molecular flexibility index (Phi) is 8.35. The van der Waals surface area contributed by atoms with E-state index in [1.165, 1.54) is 0 Å². The quantitative estimate of drug-likeness (QED) is 0.531. The number of aliphatic hydroxyl groups is 1. The van der Waals surface area contributed by atoms with Crippen molar-refractivity contribution in [3.8, 4) is 11.5 Å². The third kappa shape index (κ3) is 5.96. The van der Waals surface area contributed by atoms with Crippen LogP contribution in [0.25, 0.3) is 0 Å². The number of ether oxygens (including phenoxy) is 2. The summed E-state index contributed by atoms with van der Waals surface area (Å²) in [7, 11) is 1.61. The molecule has 5 nitrogen and oxygen atoms in total. The molecule has 0 fully saturated rings. The average Bonchev–Trinajstić information content (AvgIpc) is 3.10. The van der Waals surface area contributed by atoms with Crippen LogP contribution in [0.1, 0.15) is 10.4 Å². The summed E-state index contributed by atoms with van der Waals surface area (Å²) in [6, 6.07) is 7.84. The van der Waals surface area contributed by atoms with Crippen molar-refractivity contribution in [2.45, 2.75) is 13.2 Å². The van der Waals surface area contributed by atoms with Crippen LogP contribution in [0, 0.1) is 0 Å². The Morgan fingerprint density at radius 2 is 2.04 bits per heavy atom. The molecule has 0 radical (unpaired) electrons. The maximum atomic E-state index is 8.70. The Morgan fingerprint density at radius 1 is 1.21 bits per heavy atom. The van der Waals surface area contributed by atoms with Crippen molar-refractivity contribution in [2.75, 3.05) is 33.4 Å². The molecule has 3 N–H and O–H groups in total. The minimum absolute atomic E-state index is 0.153. The third-order valence-electron chi connectivity index (χ3n) is 3.32. The molecule has 0 spiro atoms. The van der Waals surface area contributed by atoms with Crippen molar-refractivity contribution in [3.63, 3.8) is 0 Å². The monoisotopic (exact) mass is 370 g/mol. The molecular weight excluding hydrogens is 348 g/mol. The number of hydrogen-bond acceptors (Lipinski definition) is 6. The van der Waals surface area contributed by atoms with Gasteiger partial charge in [0.2, 0.25) is 0 Å². The van der Waals surface area contributed by atoms with Gasteiger partial charge in [0.15, 0.2) is 11.5 Å². The third-order valence-corrected chi connectivity index (χ3v) is 4.46. The van der Waals surface area contributed by atoms with Crippen molar-refractivity contribution in [2.24, 2.45) is 0 Å². The minimum Gasteiger partial charge on any atom is -0.493 e. The fourth-order valence-corrected chi connectivity index (χ4v) is 3.07. The number of halogens is 1. The molecule has 0 saturated carbocycles. The standard InChI is InChI=1S/C17H23ClN2O3S/c1-22-16-10-13(11-20-5-4-19-6-7-21)9-15(18)17(16)23-12-14-3-2-8-24-14/h2-3,8-10,19-21H,4-7,11-12H2,1H3. The Bertz CT molecular complexity index is 608. The smallest absolute Gasteiger partial charge is 0.180 e. The van der Waals surface area contributed by atoms with Crippen molar-refractivity contribution in [3.05, 3.63) is 45.1 Å². The second-order valence-corrected chi connectivity index (χ2v) is 6.57. The molecule has 132 valence electrons. The SMILES string of the molecule is COc1cc(CNCCNCCO)cc(Cl)c1OCc1cccs1. The summed E-state index contributed by atoms with van der Waals surface area (Å²) in [6.07, 6.45) is 0. The van der Waals surface area contributed by atoms with Gasteiger partial charge in [0, 0.05) is 31.1 Å². The lowest BCUT2D eigenvalue weighted by atomic mass is 10.2. The molecule has 2 aromatic rings. The molecule has 0 aliphatic carbocycles. The summed E-state index contributed by atoms with van der Waals surface area (Å²) in [6.45, 7) is 3.52. The molecule has 7 heteroatoms. The molecular formula is C17H23ClN2O3S. The maximum absolute atomic E-state index is 8.70. The van der Waals surface area contributed by atoms with Crippen LogP contribution in [0.4, 0.5) is 0 Å². The van der Waals surface area contributed by atoms with Crippen LogP contribution >= 0.6 is 22.9 Å². The van der Waals surface area contributed by atoms with Gasteiger partial charge < -0.3 is 25.2 Å². The van der Waals surface area contributed by atoms with Gasteiger partial charge in [0.1, 0.15) is 6.61 Å². The van der Waals surface area contributed by atoms with Crippen molar-refractivity contribution in [1.82, 2.24) is 10.6 Å². The van der Waals surface area contributed by atoms with Gasteiger partial charge in [-0.2, -0.15) is 0 Å². The maximum Gasteiger partial charge on any atom is 0.180 e. The summed E-state index contributed by atoms with van der Waals surface area (Å²) in [4.78, 5) is 1.13. The zero-order chi connectivity index (χ0) is 17.2. The summed E-state index contributed by atoms with van der Waals surface area (Å²) in [5.41, 5.74) is 1.03. The zero-order valence-corrected chi connectivity index (χ0v) is 15.3. The van der Waals surface area contributed by atoms with Gasteiger partial charge in [-0.3, -0.25) is 0 Å². The summed E-state index contributed by atoms with van der Waals surface area (Å²) in [5.74, 6) is 1.20. The van der Waals surface area contributed by atoms with Crippen LogP contribution in [-0.2, 0) is 13.2 Å². The van der Waals surface area contributed by atoms with Crippen LogP contribution in [0.2, 0.25) is 5.02 Å². The topological polar surface area (TPSA) is 62.8 Å². The summed E-state index contributed by atoms with van der Waals surface area (Å²) >= 11 is 8.01. The lowest BCUT2D eigenvalue weighted by Gasteiger charge is -2.14. The number of benzene rings is 1. The van der Waals surface area contributed by atoms with Gasteiger partial charge in [-0.15, -0.1) is 11.3 Å². The van der Waals surface area contributed by atoms with E-state index in [-0.39, 0.29) is 6.61 Å². The van der Waals surface area contributed by atoms with Crippen LogP contribution in [0.15, 0.2) is 29.6 Å². The molecule has 1 aromatic carbocycles. The largest absolute Gasteiger partial charge is 0.493 e. The molecule has 0 amide bonds. The van der Waals surface area contributed by atoms with Gasteiger partial charge in [-0.05, 0) is 29.1 Å². The molecule has 2 rings (SSSR count). The number of nitrogens with one attached hydrogen (secondary N) is 2. The lowest BCUT2D eigenvalue weighted by Crippen LogP contribution is -2.28. The lowest BCUT2D eigenvalue weighted by molar-refractivity contribution is 0.287. The molecule has 1 heterocycles. The van der Waals surface area contributed by atoms with Gasteiger partial charge in [-0.25, -0.2) is 0 Å². The molecule has 0 unspecified atom stereocenters. The Balaban J connectivity index is 1.91. The highest BCUT2D eigenvalue weighted by Gasteiger charge is 2.12. The fraction of sp³-hybridized carbons (Fsp3) is 0.412. The Morgan fingerprint density at radius 3 is 2.75 bits per heavy atom. The van der Waals surface area contributed by atoms with Gasteiger partial charge >= 0.3 is 0 Å². The van der Waals surface area contributed by atoms with Crippen LogP contribution in [0.3, 0.4) is 0 Å². The zero-order valence-electron chi connectivity index (χ0n) is 13.7. The number of thiophene rings is 1. The normalized spacial score (nSPS) is 10.8. The van der Waals surface area contributed by atoms with E-state index < -0.39 is 0 Å². The van der Waals surface area contributed by atoms with Crippen molar-refractivity contribution < 1.29 is 14.6 Å². The molecule has 24 heavy (non-hydrogen) atoms. The average molecular weight is 371 g/mol. The van der Waals surface area contributed by atoms with Crippen LogP contribution < -0.4 is 20.1 Å². The minimum atomic E-state index is 0.153. The van der Waals surface area contributed by atoms with E-state index in [4.69, 9.17) is 26.2 Å². The summed E-state index contributed by atoms with van der Waals surface area (Å²) < 4.78 is 11.2. The molecule has 0 aliphatic heterocycles. The van der Waals surface area contributed by atoms with E-state index in [0.717, 1.165) is 23.5 Å². The summed E-state index contributed by atoms with van der Waals surface area (Å²) in [5, 5.41) is 17.7. The van der Waals surface area contributed by atoms with Crippen molar-refractivity contribution >= 4 is 22.9 Å². The Labute approximate surface area is 151 Å². The highest BCUT2D eigenvalue weighted by atomic mass is 35.5. The van der Waals surface area contributed by atoms with Gasteiger partial charge in [0.05, 0.1) is 18.7 Å². The first-order valence-corrected chi connectivity index (χ1v) is 9.04. The van der Waals surface area contributed by atoms with E-state index in [0.29, 0.717) is 36.2 Å². The van der Waals surface area contributed by atoms with Crippen LogP contribution in [-0.4, -0.2) is 38.5 Å². The van der Waals surface area contributed by atoms with E-state index in [2.05, 4.69) is 10.6 Å². The van der Waals surface area contributed by atoms with E-state index in [9.17, 15) is 0 Å². The van der Waals surface area contributed by atoms with Gasteiger partial charge in [-0.1, -0.05) is 17.7 Å². The van der Waals surface area contributed by atoms with Crippen LogP contribution in [0.5, 0.6) is 11.5 Å². The number of hydrogen-bond donors (Lipinski definition) is 3. The fourth-order valence-electron chi connectivity index (χ4n) is 2.17. The first kappa shape index (κ1) is 19.0. The number of methoxy groups -OCH3 is 1. The first-order valence-electron chi connectivity index (χ1n) is 7.78. The predicted octanol–water partition coefficient (Wildman–Crippen LogP) is 2.66. The van der Waals surface area contributed by atoms with Crippen molar-refractivity contribution in [1.29, 1.82) is 0 Å². The molecule has 0 bridgehead atoms.